The Morgan fingerprint density at radius 3 is 2.70 bits per heavy atom. The van der Waals surface area contributed by atoms with Crippen molar-refractivity contribution in [1.82, 2.24) is 14.8 Å². The zero-order valence-electron chi connectivity index (χ0n) is 15.6. The number of rotatable bonds is 5. The van der Waals surface area contributed by atoms with Crippen molar-refractivity contribution in [2.45, 2.75) is 11.3 Å². The van der Waals surface area contributed by atoms with Gasteiger partial charge in [0.2, 0.25) is 5.91 Å². The van der Waals surface area contributed by atoms with Crippen LogP contribution in [0.3, 0.4) is 0 Å². The van der Waals surface area contributed by atoms with Gasteiger partial charge in [-0.25, -0.2) is 0 Å². The van der Waals surface area contributed by atoms with Crippen LogP contribution in [0.15, 0.2) is 64.2 Å². The molecule has 4 rings (SSSR count). The van der Waals surface area contributed by atoms with E-state index in [1.165, 1.54) is 12.1 Å². The highest BCUT2D eigenvalue weighted by molar-refractivity contribution is 7.99. The van der Waals surface area contributed by atoms with Crippen LogP contribution in [0.5, 0.6) is 0 Å². The van der Waals surface area contributed by atoms with E-state index in [4.69, 9.17) is 4.42 Å². The SMILES string of the molecule is Cn1c(SCC(=O)Nc2cccc(C(F)(F)F)c2)nnc1-c1cc2ccccc2o1. The summed E-state index contributed by atoms with van der Waals surface area (Å²) in [6, 6.07) is 13.9. The number of thioether (sulfide) groups is 1. The molecule has 1 N–H and O–H groups in total. The molecular weight excluding hydrogens is 417 g/mol. The number of fused-ring (bicyclic) bond motifs is 1. The highest BCUT2D eigenvalue weighted by Crippen LogP contribution is 2.31. The molecule has 0 bridgehead atoms. The summed E-state index contributed by atoms with van der Waals surface area (Å²) in [6.07, 6.45) is -4.47. The minimum Gasteiger partial charge on any atom is -0.453 e. The van der Waals surface area contributed by atoms with E-state index in [2.05, 4.69) is 15.5 Å². The van der Waals surface area contributed by atoms with Crippen LogP contribution in [0.25, 0.3) is 22.6 Å². The fourth-order valence-corrected chi connectivity index (χ4v) is 3.56. The van der Waals surface area contributed by atoms with Gasteiger partial charge in [0.05, 0.1) is 11.3 Å². The molecular formula is C20H15F3N4O2S. The monoisotopic (exact) mass is 432 g/mol. The summed E-state index contributed by atoms with van der Waals surface area (Å²) < 4.78 is 45.8. The first-order valence-corrected chi connectivity index (χ1v) is 9.78. The second-order valence-corrected chi connectivity index (χ2v) is 7.37. The number of carbonyl (C=O) groups is 1. The number of halogens is 3. The van der Waals surface area contributed by atoms with E-state index in [-0.39, 0.29) is 11.4 Å². The zero-order valence-corrected chi connectivity index (χ0v) is 16.4. The third-order valence-corrected chi connectivity index (χ3v) is 5.31. The zero-order chi connectivity index (χ0) is 21.3. The van der Waals surface area contributed by atoms with Gasteiger partial charge in [0.25, 0.3) is 0 Å². The lowest BCUT2D eigenvalue weighted by Gasteiger charge is -2.09. The molecule has 4 aromatic rings. The summed E-state index contributed by atoms with van der Waals surface area (Å²) in [6.45, 7) is 0. The molecule has 2 aromatic carbocycles. The van der Waals surface area contributed by atoms with Gasteiger partial charge in [0, 0.05) is 18.1 Å². The van der Waals surface area contributed by atoms with Crippen LogP contribution in [0, 0.1) is 0 Å². The minimum absolute atomic E-state index is 0.0393. The topological polar surface area (TPSA) is 73.0 Å². The molecule has 6 nitrogen and oxygen atoms in total. The molecule has 10 heteroatoms. The van der Waals surface area contributed by atoms with Crippen LogP contribution < -0.4 is 5.32 Å². The number of amides is 1. The number of anilines is 1. The number of para-hydroxylation sites is 1. The highest BCUT2D eigenvalue weighted by Gasteiger charge is 2.30. The lowest BCUT2D eigenvalue weighted by molar-refractivity contribution is -0.137. The fraction of sp³-hybridized carbons (Fsp3) is 0.150. The third kappa shape index (κ3) is 4.18. The fourth-order valence-electron chi connectivity index (χ4n) is 2.85. The van der Waals surface area contributed by atoms with Crippen molar-refractivity contribution < 1.29 is 22.4 Å². The quantitative estimate of drug-likeness (QED) is 0.451. The number of carbonyl (C=O) groups excluding carboxylic acids is 1. The Hall–Kier alpha value is -3.27. The second kappa shape index (κ2) is 7.86. The molecule has 0 saturated heterocycles. The van der Waals surface area contributed by atoms with E-state index in [1.54, 1.807) is 11.6 Å². The van der Waals surface area contributed by atoms with Gasteiger partial charge in [-0.2, -0.15) is 13.2 Å². The normalized spacial score (nSPS) is 11.7. The van der Waals surface area contributed by atoms with E-state index in [0.29, 0.717) is 16.7 Å². The summed E-state index contributed by atoms with van der Waals surface area (Å²) in [4.78, 5) is 12.2. The molecule has 0 fully saturated rings. The number of hydrogen-bond donors (Lipinski definition) is 1. The third-order valence-electron chi connectivity index (χ3n) is 4.29. The van der Waals surface area contributed by atoms with Gasteiger partial charge in [-0.1, -0.05) is 36.0 Å². The Kier molecular flexibility index (Phi) is 5.25. The predicted molar refractivity (Wildman–Crippen MR) is 107 cm³/mol. The van der Waals surface area contributed by atoms with E-state index >= 15 is 0 Å². The van der Waals surface area contributed by atoms with E-state index < -0.39 is 17.6 Å². The van der Waals surface area contributed by atoms with Crippen molar-refractivity contribution >= 4 is 34.3 Å². The molecule has 1 amide bonds. The summed E-state index contributed by atoms with van der Waals surface area (Å²) in [5.41, 5.74) is -0.0155. The Morgan fingerprint density at radius 2 is 1.93 bits per heavy atom. The van der Waals surface area contributed by atoms with Crippen LogP contribution in [0.2, 0.25) is 0 Å². The van der Waals surface area contributed by atoms with Crippen LogP contribution in [-0.4, -0.2) is 26.4 Å². The molecule has 30 heavy (non-hydrogen) atoms. The van der Waals surface area contributed by atoms with Crippen LogP contribution >= 0.6 is 11.8 Å². The Labute approximate surface area is 173 Å². The van der Waals surface area contributed by atoms with Gasteiger partial charge in [-0.3, -0.25) is 4.79 Å². The van der Waals surface area contributed by atoms with Gasteiger partial charge in [-0.15, -0.1) is 10.2 Å². The average molecular weight is 432 g/mol. The average Bonchev–Trinajstić information content (AvgIpc) is 3.29. The largest absolute Gasteiger partial charge is 0.453 e. The maximum Gasteiger partial charge on any atom is 0.416 e. The first-order chi connectivity index (χ1) is 14.3. The van der Waals surface area contributed by atoms with Gasteiger partial charge in [-0.05, 0) is 30.3 Å². The molecule has 2 aromatic heterocycles. The molecule has 0 saturated carbocycles. The molecule has 0 radical (unpaired) electrons. The lowest BCUT2D eigenvalue weighted by atomic mass is 10.2. The van der Waals surface area contributed by atoms with Crippen molar-refractivity contribution in [3.05, 3.63) is 60.2 Å². The highest BCUT2D eigenvalue weighted by atomic mass is 32.2. The van der Waals surface area contributed by atoms with Gasteiger partial charge in [0.15, 0.2) is 16.7 Å². The minimum atomic E-state index is -4.47. The number of nitrogens with one attached hydrogen (secondary N) is 1. The molecule has 0 spiro atoms. The van der Waals surface area contributed by atoms with E-state index in [9.17, 15) is 18.0 Å². The molecule has 0 aliphatic rings. The van der Waals surface area contributed by atoms with Crippen molar-refractivity contribution in [1.29, 1.82) is 0 Å². The standard InChI is InChI=1S/C20H15F3N4O2S/c1-27-18(16-9-12-5-2-3-8-15(12)29-16)25-26-19(27)30-11-17(28)24-14-7-4-6-13(10-14)20(21,22)23/h2-10H,11H2,1H3,(H,24,28). The molecule has 0 unspecified atom stereocenters. The molecule has 0 aliphatic heterocycles. The number of hydrogen-bond acceptors (Lipinski definition) is 5. The maximum atomic E-state index is 12.8. The van der Waals surface area contributed by atoms with E-state index in [0.717, 1.165) is 34.9 Å². The number of alkyl halides is 3. The molecule has 0 aliphatic carbocycles. The van der Waals surface area contributed by atoms with Gasteiger partial charge >= 0.3 is 6.18 Å². The maximum absolute atomic E-state index is 12.8. The van der Waals surface area contributed by atoms with Crippen LogP contribution in [0.1, 0.15) is 5.56 Å². The van der Waals surface area contributed by atoms with Crippen molar-refractivity contribution in [2.75, 3.05) is 11.1 Å². The number of benzene rings is 2. The molecule has 2 heterocycles. The summed E-state index contributed by atoms with van der Waals surface area (Å²) in [5.74, 6) is 0.564. The summed E-state index contributed by atoms with van der Waals surface area (Å²) >= 11 is 1.12. The van der Waals surface area contributed by atoms with Crippen LogP contribution in [-0.2, 0) is 18.0 Å². The van der Waals surface area contributed by atoms with Gasteiger partial charge < -0.3 is 14.3 Å². The summed E-state index contributed by atoms with van der Waals surface area (Å²) in [5, 5.41) is 12.1. The second-order valence-electron chi connectivity index (χ2n) is 6.43. The Bertz CT molecular complexity index is 1180. The number of nitrogens with zero attached hydrogens (tertiary/aromatic N) is 3. The first-order valence-electron chi connectivity index (χ1n) is 8.79. The lowest BCUT2D eigenvalue weighted by Crippen LogP contribution is -2.15. The Balaban J connectivity index is 1.43. The van der Waals surface area contributed by atoms with Crippen molar-refractivity contribution in [3.63, 3.8) is 0 Å². The van der Waals surface area contributed by atoms with Gasteiger partial charge in [0.1, 0.15) is 5.58 Å². The summed E-state index contributed by atoms with van der Waals surface area (Å²) in [7, 11) is 1.75. The first kappa shape index (κ1) is 20.0. The van der Waals surface area contributed by atoms with Crippen molar-refractivity contribution in [3.8, 4) is 11.6 Å². The smallest absolute Gasteiger partial charge is 0.416 e. The van der Waals surface area contributed by atoms with Crippen LogP contribution in [0.4, 0.5) is 18.9 Å². The predicted octanol–water partition coefficient (Wildman–Crippen LogP) is 4.98. The molecule has 0 atom stereocenters. The number of furan rings is 1. The van der Waals surface area contributed by atoms with Crippen molar-refractivity contribution in [2.24, 2.45) is 7.05 Å². The van der Waals surface area contributed by atoms with E-state index in [1.807, 2.05) is 30.3 Å². The Morgan fingerprint density at radius 1 is 1.13 bits per heavy atom. The number of aromatic nitrogens is 3. The molecule has 154 valence electrons.